The van der Waals surface area contributed by atoms with Crippen LogP contribution in [0.1, 0.15) is 24.6 Å². The molecule has 6 nitrogen and oxygen atoms in total. The van der Waals surface area contributed by atoms with Crippen molar-refractivity contribution in [3.8, 4) is 5.69 Å². The van der Waals surface area contributed by atoms with E-state index >= 15 is 0 Å². The molecule has 26 heavy (non-hydrogen) atoms. The van der Waals surface area contributed by atoms with Crippen LogP contribution < -0.4 is 10.9 Å². The number of hydrogen-bond donors (Lipinski definition) is 2. The summed E-state index contributed by atoms with van der Waals surface area (Å²) in [6.45, 7) is 6.55. The molecular weight excluding hydrogens is 335 g/mol. The van der Waals surface area contributed by atoms with Crippen LogP contribution in [0.15, 0.2) is 35.1 Å². The number of nitrogens with one attached hydrogen (secondary N) is 2. The van der Waals surface area contributed by atoms with Crippen LogP contribution in [-0.2, 0) is 11.3 Å². The number of aryl methyl sites for hydroxylation is 1. The Hall–Kier alpha value is -2.51. The molecule has 3 rings (SSSR count). The summed E-state index contributed by atoms with van der Waals surface area (Å²) in [5.41, 5.74) is 2.62. The number of nitrogens with zero attached hydrogens (tertiary/aromatic N) is 2. The number of halogens is 1. The molecule has 7 heteroatoms. The number of rotatable bonds is 8. The average molecular weight is 358 g/mol. The summed E-state index contributed by atoms with van der Waals surface area (Å²) in [6, 6.07) is 7.88. The molecule has 0 atom stereocenters. The van der Waals surface area contributed by atoms with Gasteiger partial charge in [-0.3, -0.25) is 4.79 Å². The number of benzene rings is 1. The van der Waals surface area contributed by atoms with Gasteiger partial charge in [-0.05, 0) is 57.1 Å². The van der Waals surface area contributed by atoms with Gasteiger partial charge in [0.05, 0.1) is 11.4 Å². The molecule has 0 radical (unpaired) electrons. The quantitative estimate of drug-likeness (QED) is 0.607. The van der Waals surface area contributed by atoms with Gasteiger partial charge in [0, 0.05) is 30.7 Å². The van der Waals surface area contributed by atoms with E-state index < -0.39 is 0 Å². The Morgan fingerprint density at radius 3 is 2.81 bits per heavy atom. The van der Waals surface area contributed by atoms with E-state index in [1.54, 1.807) is 16.8 Å². The largest absolute Gasteiger partial charge is 0.382 e. The average Bonchev–Trinajstić information content (AvgIpc) is 2.94. The molecule has 0 saturated carbocycles. The Morgan fingerprint density at radius 2 is 2.08 bits per heavy atom. The SMILES string of the molecule is CCOCCCNCc1cc2c(C)nn(-c3ccc(F)cc3)c2[nH]c1=O. The lowest BCUT2D eigenvalue weighted by molar-refractivity contribution is 0.144. The van der Waals surface area contributed by atoms with Crippen molar-refractivity contribution in [2.45, 2.75) is 26.8 Å². The molecule has 0 unspecified atom stereocenters. The fourth-order valence-corrected chi connectivity index (χ4v) is 2.83. The Bertz CT molecular complexity index is 931. The van der Waals surface area contributed by atoms with E-state index in [-0.39, 0.29) is 11.4 Å². The Kier molecular flexibility index (Phi) is 5.80. The molecule has 0 amide bonds. The predicted octanol–water partition coefficient (Wildman–Crippen LogP) is 2.68. The van der Waals surface area contributed by atoms with Gasteiger partial charge in [0.25, 0.3) is 5.56 Å². The second kappa shape index (κ2) is 8.25. The van der Waals surface area contributed by atoms with E-state index in [0.29, 0.717) is 36.7 Å². The maximum absolute atomic E-state index is 13.2. The van der Waals surface area contributed by atoms with Crippen LogP contribution in [0.25, 0.3) is 16.7 Å². The molecule has 1 aromatic carbocycles. The molecular formula is C19H23FN4O2. The molecule has 2 aromatic heterocycles. The third-order valence-electron chi connectivity index (χ3n) is 4.18. The van der Waals surface area contributed by atoms with E-state index in [0.717, 1.165) is 24.0 Å². The number of aromatic nitrogens is 3. The molecule has 0 aliphatic rings. The summed E-state index contributed by atoms with van der Waals surface area (Å²) in [7, 11) is 0. The van der Waals surface area contributed by atoms with Gasteiger partial charge in [-0.2, -0.15) is 5.10 Å². The molecule has 138 valence electrons. The van der Waals surface area contributed by atoms with Gasteiger partial charge >= 0.3 is 0 Å². The zero-order valence-corrected chi connectivity index (χ0v) is 15.0. The lowest BCUT2D eigenvalue weighted by Crippen LogP contribution is -2.22. The van der Waals surface area contributed by atoms with Crippen LogP contribution in [0, 0.1) is 12.7 Å². The maximum Gasteiger partial charge on any atom is 0.254 e. The normalized spacial score (nSPS) is 11.3. The summed E-state index contributed by atoms with van der Waals surface area (Å²) in [5, 5.41) is 8.63. The van der Waals surface area contributed by atoms with Crippen molar-refractivity contribution in [1.29, 1.82) is 0 Å². The van der Waals surface area contributed by atoms with Crippen molar-refractivity contribution >= 4 is 11.0 Å². The predicted molar refractivity (Wildman–Crippen MR) is 99.2 cm³/mol. The van der Waals surface area contributed by atoms with Gasteiger partial charge in [-0.25, -0.2) is 9.07 Å². The number of pyridine rings is 1. The minimum Gasteiger partial charge on any atom is -0.382 e. The van der Waals surface area contributed by atoms with Crippen LogP contribution in [0.3, 0.4) is 0 Å². The minimum absolute atomic E-state index is 0.155. The van der Waals surface area contributed by atoms with Gasteiger partial charge in [0.2, 0.25) is 0 Å². The van der Waals surface area contributed by atoms with E-state index in [1.165, 1.54) is 12.1 Å². The molecule has 2 heterocycles. The number of ether oxygens (including phenoxy) is 1. The fourth-order valence-electron chi connectivity index (χ4n) is 2.83. The second-order valence-corrected chi connectivity index (χ2v) is 6.09. The van der Waals surface area contributed by atoms with Gasteiger partial charge in [-0.1, -0.05) is 0 Å². The molecule has 0 aliphatic carbocycles. The molecule has 3 aromatic rings. The van der Waals surface area contributed by atoms with Crippen LogP contribution >= 0.6 is 0 Å². The first-order valence-electron chi connectivity index (χ1n) is 8.76. The topological polar surface area (TPSA) is 71.9 Å². The Labute approximate surface area is 151 Å². The summed E-state index contributed by atoms with van der Waals surface area (Å²) >= 11 is 0. The number of aromatic amines is 1. The Morgan fingerprint density at radius 1 is 1.31 bits per heavy atom. The van der Waals surface area contributed by atoms with Crippen LogP contribution in [0.4, 0.5) is 4.39 Å². The van der Waals surface area contributed by atoms with E-state index in [1.807, 2.05) is 19.9 Å². The molecule has 2 N–H and O–H groups in total. The van der Waals surface area contributed by atoms with Gasteiger partial charge in [-0.15, -0.1) is 0 Å². The molecule has 0 aliphatic heterocycles. The van der Waals surface area contributed by atoms with Gasteiger partial charge in [0.1, 0.15) is 11.5 Å². The van der Waals surface area contributed by atoms with E-state index in [2.05, 4.69) is 15.4 Å². The van der Waals surface area contributed by atoms with Gasteiger partial charge in [0.15, 0.2) is 0 Å². The number of fused-ring (bicyclic) bond motifs is 1. The van der Waals surface area contributed by atoms with Crippen molar-refractivity contribution in [1.82, 2.24) is 20.1 Å². The van der Waals surface area contributed by atoms with Crippen LogP contribution in [0.5, 0.6) is 0 Å². The standard InChI is InChI=1S/C19H23FN4O2/c1-3-26-10-4-9-21-12-14-11-17-13(2)23-24(18(17)22-19(14)25)16-7-5-15(20)6-8-16/h5-8,11,21H,3-4,9-10,12H2,1-2H3,(H,22,25). The number of H-pyrrole nitrogens is 1. The monoisotopic (exact) mass is 358 g/mol. The smallest absolute Gasteiger partial charge is 0.254 e. The number of hydrogen-bond acceptors (Lipinski definition) is 4. The highest BCUT2D eigenvalue weighted by Gasteiger charge is 2.12. The minimum atomic E-state index is -0.312. The first-order chi connectivity index (χ1) is 12.6. The lowest BCUT2D eigenvalue weighted by Gasteiger charge is -2.06. The molecule has 0 spiro atoms. The first kappa shape index (κ1) is 18.3. The lowest BCUT2D eigenvalue weighted by atomic mass is 10.2. The van der Waals surface area contributed by atoms with Crippen molar-refractivity contribution in [3.05, 3.63) is 57.8 Å². The van der Waals surface area contributed by atoms with Crippen LogP contribution in [0.2, 0.25) is 0 Å². The molecule has 0 fully saturated rings. The maximum atomic E-state index is 13.2. The summed E-state index contributed by atoms with van der Waals surface area (Å²) in [4.78, 5) is 15.3. The summed E-state index contributed by atoms with van der Waals surface area (Å²) in [5.74, 6) is -0.312. The fraction of sp³-hybridized carbons (Fsp3) is 0.368. The first-order valence-corrected chi connectivity index (χ1v) is 8.76. The highest BCUT2D eigenvalue weighted by Crippen LogP contribution is 2.20. The zero-order chi connectivity index (χ0) is 18.5. The summed E-state index contributed by atoms with van der Waals surface area (Å²) < 4.78 is 20.1. The van der Waals surface area contributed by atoms with E-state index in [9.17, 15) is 9.18 Å². The summed E-state index contributed by atoms with van der Waals surface area (Å²) in [6.07, 6.45) is 0.898. The zero-order valence-electron chi connectivity index (χ0n) is 15.0. The third kappa shape index (κ3) is 4.00. The second-order valence-electron chi connectivity index (χ2n) is 6.09. The van der Waals surface area contributed by atoms with Crippen molar-refractivity contribution in [2.75, 3.05) is 19.8 Å². The molecule has 0 saturated heterocycles. The third-order valence-corrected chi connectivity index (χ3v) is 4.18. The van der Waals surface area contributed by atoms with Crippen molar-refractivity contribution < 1.29 is 9.13 Å². The highest BCUT2D eigenvalue weighted by atomic mass is 19.1. The molecule has 0 bridgehead atoms. The van der Waals surface area contributed by atoms with E-state index in [4.69, 9.17) is 4.74 Å². The Balaban J connectivity index is 1.82. The highest BCUT2D eigenvalue weighted by molar-refractivity contribution is 5.80. The van der Waals surface area contributed by atoms with Gasteiger partial charge < -0.3 is 15.0 Å². The van der Waals surface area contributed by atoms with Crippen LogP contribution in [-0.4, -0.2) is 34.5 Å². The van der Waals surface area contributed by atoms with Crippen molar-refractivity contribution in [3.63, 3.8) is 0 Å². The van der Waals surface area contributed by atoms with Crippen molar-refractivity contribution in [2.24, 2.45) is 0 Å².